The van der Waals surface area contributed by atoms with Crippen molar-refractivity contribution in [1.82, 2.24) is 5.32 Å². The van der Waals surface area contributed by atoms with Gasteiger partial charge < -0.3 is 16.0 Å². The number of hydrogen-bond donors (Lipinski definition) is 2. The Kier molecular flexibility index (Phi) is 3.49. The Labute approximate surface area is 127 Å². The maximum Gasteiger partial charge on any atom is 0.269 e. The fraction of sp³-hybridized carbons (Fsp3) is 0. The highest BCUT2D eigenvalue weighted by Gasteiger charge is 2.10. The van der Waals surface area contributed by atoms with Crippen LogP contribution in [0.2, 0.25) is 0 Å². The van der Waals surface area contributed by atoms with Gasteiger partial charge in [0.25, 0.3) is 5.69 Å². The molecule has 0 fully saturated rings. The molecule has 1 aliphatic heterocycles. The van der Waals surface area contributed by atoms with Crippen LogP contribution in [0.5, 0.6) is 0 Å². The molecule has 0 radical (unpaired) electrons. The molecule has 0 saturated carbocycles. The summed E-state index contributed by atoms with van der Waals surface area (Å²) in [6.07, 6.45) is 5.59. The number of anilines is 2. The van der Waals surface area contributed by atoms with Crippen LogP contribution in [0.3, 0.4) is 0 Å². The predicted molar refractivity (Wildman–Crippen MR) is 86.7 cm³/mol. The lowest BCUT2D eigenvalue weighted by Crippen LogP contribution is -2.18. The van der Waals surface area contributed by atoms with Gasteiger partial charge in [-0.2, -0.15) is 0 Å². The largest absolute Gasteiger partial charge is 0.399 e. The summed E-state index contributed by atoms with van der Waals surface area (Å²) in [5.74, 6) is 0. The van der Waals surface area contributed by atoms with E-state index in [1.54, 1.807) is 12.1 Å². The second-order valence-electron chi connectivity index (χ2n) is 4.81. The third kappa shape index (κ3) is 2.76. The SMILES string of the molecule is Nc1ccc(C2=CN(c3ccc([N+](=O)[O-])cc3)C=CN2)cc1. The van der Waals surface area contributed by atoms with Gasteiger partial charge in [0.05, 0.1) is 10.6 Å². The van der Waals surface area contributed by atoms with Gasteiger partial charge in [0, 0.05) is 42.1 Å². The maximum absolute atomic E-state index is 10.7. The lowest BCUT2D eigenvalue weighted by molar-refractivity contribution is -0.384. The van der Waals surface area contributed by atoms with E-state index in [9.17, 15) is 10.1 Å². The highest BCUT2D eigenvalue weighted by Crippen LogP contribution is 2.24. The number of non-ortho nitro benzene ring substituents is 1. The zero-order chi connectivity index (χ0) is 15.5. The van der Waals surface area contributed by atoms with Crippen LogP contribution in [0.1, 0.15) is 5.56 Å². The number of hydrogen-bond acceptors (Lipinski definition) is 5. The van der Waals surface area contributed by atoms with Gasteiger partial charge in [-0.15, -0.1) is 0 Å². The molecule has 3 rings (SSSR count). The first-order valence-electron chi connectivity index (χ1n) is 6.67. The molecular formula is C16H14N4O2. The number of nitrogens with two attached hydrogens (primary N) is 1. The molecule has 0 spiro atoms. The first-order chi connectivity index (χ1) is 10.6. The minimum absolute atomic E-state index is 0.0746. The topological polar surface area (TPSA) is 84.4 Å². The van der Waals surface area contributed by atoms with E-state index in [2.05, 4.69) is 5.32 Å². The van der Waals surface area contributed by atoms with Gasteiger partial charge in [-0.3, -0.25) is 10.1 Å². The second kappa shape index (κ2) is 5.61. The highest BCUT2D eigenvalue weighted by atomic mass is 16.6. The summed E-state index contributed by atoms with van der Waals surface area (Å²) < 4.78 is 0. The highest BCUT2D eigenvalue weighted by molar-refractivity contribution is 5.72. The van der Waals surface area contributed by atoms with Crippen molar-refractivity contribution < 1.29 is 4.92 Å². The fourth-order valence-corrected chi connectivity index (χ4v) is 2.15. The summed E-state index contributed by atoms with van der Waals surface area (Å²) >= 11 is 0. The minimum Gasteiger partial charge on any atom is -0.399 e. The molecule has 110 valence electrons. The molecule has 3 N–H and O–H groups in total. The molecule has 2 aromatic rings. The third-order valence-electron chi connectivity index (χ3n) is 3.32. The van der Waals surface area contributed by atoms with Crippen LogP contribution in [-0.4, -0.2) is 4.92 Å². The Balaban J connectivity index is 1.87. The standard InChI is InChI=1S/C16H14N4O2/c17-13-3-1-12(2-4-13)16-11-19(10-9-18-16)14-5-7-15(8-6-14)20(21)22/h1-11,18H,17H2. The number of nitrogen functional groups attached to an aromatic ring is 1. The lowest BCUT2D eigenvalue weighted by atomic mass is 10.1. The van der Waals surface area contributed by atoms with Gasteiger partial charge in [0.15, 0.2) is 0 Å². The minimum atomic E-state index is -0.410. The lowest BCUT2D eigenvalue weighted by Gasteiger charge is -2.22. The van der Waals surface area contributed by atoms with Crippen molar-refractivity contribution in [3.05, 3.63) is 82.8 Å². The van der Waals surface area contributed by atoms with Crippen molar-refractivity contribution in [2.24, 2.45) is 0 Å². The molecule has 2 aromatic carbocycles. The van der Waals surface area contributed by atoms with E-state index in [4.69, 9.17) is 5.73 Å². The molecule has 1 aliphatic rings. The molecule has 0 aromatic heterocycles. The number of nitrogens with zero attached hydrogens (tertiary/aromatic N) is 2. The number of nitro groups is 1. The van der Waals surface area contributed by atoms with E-state index in [0.717, 1.165) is 16.9 Å². The van der Waals surface area contributed by atoms with Crippen molar-refractivity contribution in [1.29, 1.82) is 0 Å². The number of nitrogens with one attached hydrogen (secondary N) is 1. The smallest absolute Gasteiger partial charge is 0.269 e. The van der Waals surface area contributed by atoms with Gasteiger partial charge in [0.1, 0.15) is 0 Å². The molecule has 1 heterocycles. The molecule has 22 heavy (non-hydrogen) atoms. The van der Waals surface area contributed by atoms with E-state index >= 15 is 0 Å². The van der Waals surface area contributed by atoms with Crippen LogP contribution in [0.25, 0.3) is 5.70 Å². The Bertz CT molecular complexity index is 749. The molecule has 0 unspecified atom stereocenters. The molecule has 0 amide bonds. The number of rotatable bonds is 3. The monoisotopic (exact) mass is 294 g/mol. The van der Waals surface area contributed by atoms with Crippen molar-refractivity contribution in [2.45, 2.75) is 0 Å². The number of nitro benzene ring substituents is 1. The van der Waals surface area contributed by atoms with E-state index < -0.39 is 4.92 Å². The average Bonchev–Trinajstić information content (AvgIpc) is 2.56. The Hall–Kier alpha value is -3.28. The molecule has 6 nitrogen and oxygen atoms in total. The van der Waals surface area contributed by atoms with Gasteiger partial charge in [-0.05, 0) is 29.8 Å². The summed E-state index contributed by atoms with van der Waals surface area (Å²) in [5, 5.41) is 13.9. The second-order valence-corrected chi connectivity index (χ2v) is 4.81. The molecule has 0 saturated heterocycles. The van der Waals surface area contributed by atoms with E-state index in [1.807, 2.05) is 47.8 Å². The molecule has 0 bridgehead atoms. The van der Waals surface area contributed by atoms with Gasteiger partial charge in [-0.1, -0.05) is 12.1 Å². The first-order valence-corrected chi connectivity index (χ1v) is 6.67. The molecular weight excluding hydrogens is 280 g/mol. The fourth-order valence-electron chi connectivity index (χ4n) is 2.15. The Morgan fingerprint density at radius 1 is 1.05 bits per heavy atom. The van der Waals surface area contributed by atoms with E-state index in [1.165, 1.54) is 12.1 Å². The normalized spacial score (nSPS) is 13.5. The zero-order valence-corrected chi connectivity index (χ0v) is 11.6. The molecule has 6 heteroatoms. The van der Waals surface area contributed by atoms with Crippen molar-refractivity contribution in [3.8, 4) is 0 Å². The van der Waals surface area contributed by atoms with Crippen molar-refractivity contribution in [2.75, 3.05) is 10.6 Å². The average molecular weight is 294 g/mol. The van der Waals surface area contributed by atoms with Crippen molar-refractivity contribution >= 4 is 22.8 Å². The maximum atomic E-state index is 10.7. The number of benzene rings is 2. The summed E-state index contributed by atoms with van der Waals surface area (Å²) in [5.41, 5.74) is 9.25. The predicted octanol–water partition coefficient (Wildman–Crippen LogP) is 3.06. The zero-order valence-electron chi connectivity index (χ0n) is 11.6. The van der Waals surface area contributed by atoms with Gasteiger partial charge >= 0.3 is 0 Å². The summed E-state index contributed by atoms with van der Waals surface area (Å²) in [7, 11) is 0. The van der Waals surface area contributed by atoms with Crippen molar-refractivity contribution in [3.63, 3.8) is 0 Å². The van der Waals surface area contributed by atoms with Crippen LogP contribution in [0.4, 0.5) is 17.1 Å². The first kappa shape index (κ1) is 13.7. The molecule has 0 atom stereocenters. The van der Waals surface area contributed by atoms with E-state index in [-0.39, 0.29) is 5.69 Å². The Morgan fingerprint density at radius 2 is 1.73 bits per heavy atom. The van der Waals surface area contributed by atoms with Gasteiger partial charge in [-0.25, -0.2) is 0 Å². The van der Waals surface area contributed by atoms with E-state index in [0.29, 0.717) is 5.69 Å². The van der Waals surface area contributed by atoms with Crippen LogP contribution in [0, 0.1) is 10.1 Å². The summed E-state index contributed by atoms with van der Waals surface area (Å²) in [6.45, 7) is 0. The van der Waals surface area contributed by atoms with Crippen LogP contribution < -0.4 is 16.0 Å². The third-order valence-corrected chi connectivity index (χ3v) is 3.32. The van der Waals surface area contributed by atoms with Crippen LogP contribution in [-0.2, 0) is 0 Å². The van der Waals surface area contributed by atoms with Crippen LogP contribution in [0.15, 0.2) is 67.1 Å². The Morgan fingerprint density at radius 3 is 2.36 bits per heavy atom. The molecule has 0 aliphatic carbocycles. The van der Waals surface area contributed by atoms with Gasteiger partial charge in [0.2, 0.25) is 0 Å². The summed E-state index contributed by atoms with van der Waals surface area (Å²) in [4.78, 5) is 12.2. The quantitative estimate of drug-likeness (QED) is 0.516. The van der Waals surface area contributed by atoms with Crippen LogP contribution >= 0.6 is 0 Å². The summed E-state index contributed by atoms with van der Waals surface area (Å²) in [6, 6.07) is 13.9.